The van der Waals surface area contributed by atoms with Gasteiger partial charge in [-0.05, 0) is 72.9 Å². The third kappa shape index (κ3) is 8.58. The maximum atomic E-state index is 12.3. The molecule has 1 saturated heterocycles. The Morgan fingerprint density at radius 2 is 1.67 bits per heavy atom. The number of aliphatic carboxylic acids is 1. The molecule has 3 aromatic rings. The summed E-state index contributed by atoms with van der Waals surface area (Å²) >= 11 is 0. The van der Waals surface area contributed by atoms with Crippen LogP contribution in [0, 0.1) is 5.92 Å². The molecule has 5 N–H and O–H groups in total. The van der Waals surface area contributed by atoms with E-state index in [1.54, 1.807) is 11.2 Å². The molecule has 1 aromatic heterocycles. The number of carboxylic acids is 1. The van der Waals surface area contributed by atoms with Gasteiger partial charge in [0, 0.05) is 37.3 Å². The molecule has 1 fully saturated rings. The Balaban J connectivity index is 0.000000646. The number of aromatic amines is 1. The minimum Gasteiger partial charge on any atom is -0.475 e. The number of hydrogen-bond donors (Lipinski definition) is 4. The van der Waals surface area contributed by atoms with Gasteiger partial charge in [0.2, 0.25) is 10.0 Å². The summed E-state index contributed by atoms with van der Waals surface area (Å²) in [6, 6.07) is 12.8. The van der Waals surface area contributed by atoms with Crippen LogP contribution in [0.15, 0.2) is 42.6 Å². The second kappa shape index (κ2) is 13.9. The Bertz CT molecular complexity index is 1530. The van der Waals surface area contributed by atoms with Crippen molar-refractivity contribution in [2.45, 2.75) is 65.2 Å². The number of amides is 1. The minimum atomic E-state index is -5.08. The van der Waals surface area contributed by atoms with E-state index in [-0.39, 0.29) is 11.7 Å². The highest BCUT2D eigenvalue weighted by atomic mass is 32.2. The number of nitrogens with two attached hydrogens (primary N) is 1. The van der Waals surface area contributed by atoms with Crippen molar-refractivity contribution in [1.82, 2.24) is 14.6 Å². The van der Waals surface area contributed by atoms with Gasteiger partial charge < -0.3 is 21.1 Å². The maximum absolute atomic E-state index is 12.3. The Morgan fingerprint density at radius 1 is 1.09 bits per heavy atom. The smallest absolute Gasteiger partial charge is 0.475 e. The fourth-order valence-electron chi connectivity index (χ4n) is 4.91. The van der Waals surface area contributed by atoms with E-state index >= 15 is 0 Å². The van der Waals surface area contributed by atoms with E-state index in [4.69, 9.17) is 15.6 Å². The average molecular weight is 625 g/mol. The van der Waals surface area contributed by atoms with Crippen molar-refractivity contribution in [3.63, 3.8) is 0 Å². The molecule has 43 heavy (non-hydrogen) atoms. The van der Waals surface area contributed by atoms with Crippen LogP contribution in [0.25, 0.3) is 22.0 Å². The van der Waals surface area contributed by atoms with Gasteiger partial charge in [0.1, 0.15) is 0 Å². The molecule has 1 aliphatic rings. The van der Waals surface area contributed by atoms with Gasteiger partial charge in [0.15, 0.2) is 0 Å². The zero-order valence-corrected chi connectivity index (χ0v) is 25.5. The molecule has 1 amide bonds. The molecule has 0 unspecified atom stereocenters. The van der Waals surface area contributed by atoms with Gasteiger partial charge in [-0.3, -0.25) is 4.79 Å². The van der Waals surface area contributed by atoms with Crippen molar-refractivity contribution in [3.05, 3.63) is 59.3 Å². The van der Waals surface area contributed by atoms with E-state index in [1.807, 2.05) is 12.3 Å². The number of rotatable bonds is 9. The summed E-state index contributed by atoms with van der Waals surface area (Å²) in [5, 5.41) is 11.7. The molecule has 0 radical (unpaired) electrons. The van der Waals surface area contributed by atoms with E-state index in [0.717, 1.165) is 47.0 Å². The van der Waals surface area contributed by atoms with Crippen LogP contribution >= 0.6 is 0 Å². The number of carbonyl (C=O) groups excluding carboxylic acids is 1. The molecule has 0 bridgehead atoms. The Morgan fingerprint density at radius 3 is 2.16 bits per heavy atom. The molecule has 1 aliphatic heterocycles. The number of nitrogens with zero attached hydrogens (tertiary/aromatic N) is 1. The summed E-state index contributed by atoms with van der Waals surface area (Å²) in [5.74, 6) is -2.31. The number of halogens is 3. The predicted octanol–water partition coefficient (Wildman–Crippen LogP) is 5.23. The summed E-state index contributed by atoms with van der Waals surface area (Å²) in [6.07, 6.45) is -1.63. The van der Waals surface area contributed by atoms with Crippen molar-refractivity contribution < 1.29 is 36.3 Å². The van der Waals surface area contributed by atoms with Gasteiger partial charge in [-0.1, -0.05) is 38.1 Å². The number of carboxylic acid groups (broad SMARTS) is 1. The van der Waals surface area contributed by atoms with Crippen LogP contribution in [0.2, 0.25) is 0 Å². The predicted molar refractivity (Wildman–Crippen MR) is 160 cm³/mol. The van der Waals surface area contributed by atoms with Gasteiger partial charge in [-0.15, -0.1) is 0 Å². The number of alkyl halides is 3. The molecule has 9 nitrogen and oxygen atoms in total. The van der Waals surface area contributed by atoms with E-state index in [0.29, 0.717) is 30.6 Å². The molecule has 0 aliphatic carbocycles. The molecule has 2 heterocycles. The quantitative estimate of drug-likeness (QED) is 0.257. The number of benzene rings is 2. The molecule has 0 saturated carbocycles. The van der Waals surface area contributed by atoms with Crippen molar-refractivity contribution in [2.75, 3.05) is 18.8 Å². The van der Waals surface area contributed by atoms with Crippen LogP contribution in [0.1, 0.15) is 67.9 Å². The van der Waals surface area contributed by atoms with Crippen LogP contribution in [0.4, 0.5) is 13.2 Å². The molecule has 1 atom stereocenters. The molecule has 0 spiro atoms. The molecule has 236 valence electrons. The first-order valence-corrected chi connectivity index (χ1v) is 15.7. The third-order valence-electron chi connectivity index (χ3n) is 7.90. The highest BCUT2D eigenvalue weighted by molar-refractivity contribution is 7.89. The van der Waals surface area contributed by atoms with Gasteiger partial charge in [-0.2, -0.15) is 13.2 Å². The molecular formula is C30H39F3N4O5S. The van der Waals surface area contributed by atoms with Crippen LogP contribution in [0.3, 0.4) is 0 Å². The number of carbonyl (C=O) groups is 2. The van der Waals surface area contributed by atoms with Gasteiger partial charge in [0.05, 0.1) is 16.8 Å². The second-order valence-corrected chi connectivity index (χ2v) is 13.3. The lowest BCUT2D eigenvalue weighted by molar-refractivity contribution is -0.192. The topological polar surface area (TPSA) is 146 Å². The van der Waals surface area contributed by atoms with Crippen LogP contribution < -0.4 is 11.1 Å². The lowest BCUT2D eigenvalue weighted by atomic mass is 9.88. The summed E-state index contributed by atoms with van der Waals surface area (Å²) in [5.41, 5.74) is 11.3. The lowest BCUT2D eigenvalue weighted by Gasteiger charge is -2.31. The van der Waals surface area contributed by atoms with Crippen LogP contribution in [0.5, 0.6) is 0 Å². The first-order chi connectivity index (χ1) is 20.0. The Labute approximate surface area is 249 Å². The number of primary amides is 1. The standard InChI is InChI=1S/C28H38N4O3S.C2HF3O2/c1-5-36(34,35)32-12-10-22(11-13-32)26-17-31-27-24(26)14-23(15-25(27)28(29)33)21-8-6-20(7-9-21)16-30-19(4)18(2)3;3-2(4,5)1(6)7/h6-9,14-15,17-19,22,30-31H,5,10-13,16H2,1-4H3,(H2,29,33);(H,6,7)/t19-;/m0./s1. The van der Waals surface area contributed by atoms with Crippen LogP contribution in [-0.2, 0) is 21.4 Å². The number of sulfonamides is 1. The number of nitrogens with one attached hydrogen (secondary N) is 2. The zero-order chi connectivity index (χ0) is 32.1. The van der Waals surface area contributed by atoms with E-state index in [9.17, 15) is 26.4 Å². The first-order valence-electron chi connectivity index (χ1n) is 14.1. The largest absolute Gasteiger partial charge is 0.490 e. The first kappa shape index (κ1) is 34.1. The molecular weight excluding hydrogens is 585 g/mol. The molecule has 4 rings (SSSR count). The van der Waals surface area contributed by atoms with Gasteiger partial charge in [-0.25, -0.2) is 17.5 Å². The summed E-state index contributed by atoms with van der Waals surface area (Å²) < 4.78 is 57.9. The minimum absolute atomic E-state index is 0.127. The lowest BCUT2D eigenvalue weighted by Crippen LogP contribution is -2.38. The van der Waals surface area contributed by atoms with Crippen molar-refractivity contribution in [3.8, 4) is 11.1 Å². The highest BCUT2D eigenvalue weighted by Crippen LogP contribution is 2.37. The van der Waals surface area contributed by atoms with Crippen molar-refractivity contribution >= 4 is 32.8 Å². The number of aromatic nitrogens is 1. The van der Waals surface area contributed by atoms with Crippen molar-refractivity contribution in [1.29, 1.82) is 0 Å². The van der Waals surface area contributed by atoms with Crippen LogP contribution in [-0.4, -0.2) is 65.8 Å². The third-order valence-corrected chi connectivity index (χ3v) is 9.78. The van der Waals surface area contributed by atoms with Gasteiger partial charge >= 0.3 is 12.1 Å². The SMILES string of the molecule is CCS(=O)(=O)N1CCC(c2c[nH]c3c(C(N)=O)cc(-c4ccc(CN[C@@H](C)C(C)C)cc4)cc23)CC1.O=C(O)C(F)(F)F. The maximum Gasteiger partial charge on any atom is 0.490 e. The number of hydrogen-bond acceptors (Lipinski definition) is 5. The van der Waals surface area contributed by atoms with E-state index in [2.05, 4.69) is 61.4 Å². The van der Waals surface area contributed by atoms with Gasteiger partial charge in [0.25, 0.3) is 5.91 Å². The molecule has 13 heteroatoms. The number of piperidine rings is 1. The van der Waals surface area contributed by atoms with E-state index < -0.39 is 28.1 Å². The second-order valence-electron chi connectivity index (χ2n) is 11.0. The summed E-state index contributed by atoms with van der Waals surface area (Å²) in [6.45, 7) is 10.1. The van der Waals surface area contributed by atoms with E-state index in [1.165, 1.54) is 5.56 Å². The number of H-pyrrole nitrogens is 1. The highest BCUT2D eigenvalue weighted by Gasteiger charge is 2.38. The average Bonchev–Trinajstić information content (AvgIpc) is 3.39. The molecule has 2 aromatic carbocycles. The zero-order valence-electron chi connectivity index (χ0n) is 24.7. The monoisotopic (exact) mass is 624 g/mol. The summed E-state index contributed by atoms with van der Waals surface area (Å²) in [4.78, 5) is 24.5. The Kier molecular flexibility index (Phi) is 11.0. The fraction of sp³-hybridized carbons (Fsp3) is 0.467. The number of fused-ring (bicyclic) bond motifs is 1. The fourth-order valence-corrected chi connectivity index (χ4v) is 6.04. The normalized spacial score (nSPS) is 15.7. The Hall–Kier alpha value is -3.42. The van der Waals surface area contributed by atoms with Crippen molar-refractivity contribution in [2.24, 2.45) is 11.7 Å². The summed E-state index contributed by atoms with van der Waals surface area (Å²) in [7, 11) is -3.17.